The summed E-state index contributed by atoms with van der Waals surface area (Å²) in [7, 11) is 0. The first kappa shape index (κ1) is 29.2. The zero-order chi connectivity index (χ0) is 22.8. The van der Waals surface area contributed by atoms with E-state index in [1.54, 1.807) is 0 Å². The Morgan fingerprint density at radius 3 is 1.53 bits per heavy atom. The van der Waals surface area contributed by atoms with E-state index in [2.05, 4.69) is 11.7 Å². The maximum absolute atomic E-state index is 11.7. The van der Waals surface area contributed by atoms with Gasteiger partial charge in [0.15, 0.2) is 0 Å². The quantitative estimate of drug-likeness (QED) is 0.0961. The van der Waals surface area contributed by atoms with Crippen molar-refractivity contribution in [2.75, 3.05) is 6.61 Å². The van der Waals surface area contributed by atoms with E-state index < -0.39 is 43.3 Å². The lowest BCUT2D eigenvalue weighted by molar-refractivity contribution is -0.213. The van der Waals surface area contributed by atoms with Crippen LogP contribution in [-0.4, -0.2) is 73.9 Å². The number of aliphatic hydroxyl groups is 6. The van der Waals surface area contributed by atoms with Crippen LogP contribution in [0.3, 0.4) is 0 Å². The van der Waals surface area contributed by atoms with Gasteiger partial charge in [-0.15, -0.1) is 0 Å². The van der Waals surface area contributed by atoms with Crippen LogP contribution in [0.5, 0.6) is 0 Å². The molecule has 8 heteroatoms. The molecule has 6 N–H and O–H groups in total. The van der Waals surface area contributed by atoms with E-state index in [0.29, 0.717) is 6.42 Å². The average Bonchev–Trinajstić information content (AvgIpc) is 2.74. The van der Waals surface area contributed by atoms with Crippen LogP contribution in [0, 0.1) is 0 Å². The molecule has 0 fully saturated rings. The Balaban J connectivity index is 3.69. The molecule has 0 rings (SSSR count). The summed E-state index contributed by atoms with van der Waals surface area (Å²) < 4.78 is 4.66. The van der Waals surface area contributed by atoms with Gasteiger partial charge in [0.05, 0.1) is 6.61 Å². The van der Waals surface area contributed by atoms with Crippen LogP contribution in [-0.2, 0) is 9.53 Å². The van der Waals surface area contributed by atoms with Crippen molar-refractivity contribution in [3.05, 3.63) is 0 Å². The third-order valence-corrected chi connectivity index (χ3v) is 5.31. The lowest BCUT2D eigenvalue weighted by Crippen LogP contribution is -2.50. The van der Waals surface area contributed by atoms with Crippen molar-refractivity contribution in [1.82, 2.24) is 0 Å². The van der Waals surface area contributed by atoms with E-state index in [4.69, 9.17) is 5.11 Å². The van der Waals surface area contributed by atoms with Crippen molar-refractivity contribution in [2.45, 2.75) is 128 Å². The lowest BCUT2D eigenvalue weighted by Gasteiger charge is -2.28. The zero-order valence-electron chi connectivity index (χ0n) is 18.5. The second-order valence-electron chi connectivity index (χ2n) is 8.09. The van der Waals surface area contributed by atoms with Crippen LogP contribution in [0.1, 0.15) is 96.8 Å². The van der Waals surface area contributed by atoms with Crippen molar-refractivity contribution in [3.8, 4) is 0 Å². The molecule has 0 saturated heterocycles. The zero-order valence-corrected chi connectivity index (χ0v) is 18.5. The second-order valence-corrected chi connectivity index (χ2v) is 8.09. The van der Waals surface area contributed by atoms with Crippen molar-refractivity contribution in [2.24, 2.45) is 0 Å². The molecular weight excluding hydrogens is 392 g/mol. The van der Waals surface area contributed by atoms with Gasteiger partial charge in [-0.05, 0) is 6.42 Å². The fourth-order valence-corrected chi connectivity index (χ4v) is 3.26. The standard InChI is InChI=1S/C22H44O8/c1-2-3-4-5-6-7-8-9-10-11-12-13-14-15-18(25)30-22(29)21(28)20(27)19(26)17(24)16-23/h17,19-24,26-29H,2-16H2,1H3/t17-,19-,20+,21+,22?/m1/s1. The fraction of sp³-hybridized carbons (Fsp3) is 0.955. The lowest BCUT2D eigenvalue weighted by atomic mass is 10.0. The topological polar surface area (TPSA) is 148 Å². The van der Waals surface area contributed by atoms with Crippen LogP contribution >= 0.6 is 0 Å². The Labute approximate surface area is 180 Å². The summed E-state index contributed by atoms with van der Waals surface area (Å²) in [6.45, 7) is 1.39. The van der Waals surface area contributed by atoms with Gasteiger partial charge < -0.3 is 35.4 Å². The van der Waals surface area contributed by atoms with E-state index >= 15 is 0 Å². The Hall–Kier alpha value is -0.770. The maximum atomic E-state index is 11.7. The van der Waals surface area contributed by atoms with Gasteiger partial charge in [-0.1, -0.05) is 84.0 Å². The highest BCUT2D eigenvalue weighted by Gasteiger charge is 2.35. The fourth-order valence-electron chi connectivity index (χ4n) is 3.26. The first-order chi connectivity index (χ1) is 14.3. The Kier molecular flexibility index (Phi) is 18.5. The summed E-state index contributed by atoms with van der Waals surface area (Å²) in [5.41, 5.74) is 0. The molecule has 0 spiro atoms. The maximum Gasteiger partial charge on any atom is 0.308 e. The molecule has 0 aliphatic carbocycles. The molecule has 0 aliphatic heterocycles. The molecule has 0 aliphatic rings. The van der Waals surface area contributed by atoms with E-state index in [0.717, 1.165) is 19.3 Å². The number of esters is 1. The highest BCUT2D eigenvalue weighted by Crippen LogP contribution is 2.14. The summed E-state index contributed by atoms with van der Waals surface area (Å²) in [5, 5.41) is 56.5. The van der Waals surface area contributed by atoms with Gasteiger partial charge in [0.25, 0.3) is 0 Å². The van der Waals surface area contributed by atoms with Gasteiger partial charge in [0.1, 0.15) is 24.4 Å². The van der Waals surface area contributed by atoms with Gasteiger partial charge in [0.2, 0.25) is 6.29 Å². The van der Waals surface area contributed by atoms with Gasteiger partial charge in [0, 0.05) is 6.42 Å². The largest absolute Gasteiger partial charge is 0.433 e. The minimum atomic E-state index is -2.03. The number of rotatable bonds is 20. The Morgan fingerprint density at radius 2 is 1.10 bits per heavy atom. The average molecular weight is 437 g/mol. The van der Waals surface area contributed by atoms with Gasteiger partial charge in [-0.25, -0.2) is 0 Å². The molecule has 180 valence electrons. The SMILES string of the molecule is CCCCCCCCCCCCCCCC(=O)OC(O)[C@@H](O)[C@@H](O)[C@H](O)[C@H](O)CO. The van der Waals surface area contributed by atoms with Crippen LogP contribution in [0.15, 0.2) is 0 Å². The number of hydrogen-bond acceptors (Lipinski definition) is 8. The predicted octanol–water partition coefficient (Wildman–Crippen LogP) is 1.77. The van der Waals surface area contributed by atoms with E-state index in [1.807, 2.05) is 0 Å². The van der Waals surface area contributed by atoms with E-state index in [1.165, 1.54) is 57.8 Å². The van der Waals surface area contributed by atoms with Gasteiger partial charge in [-0.3, -0.25) is 4.79 Å². The molecular formula is C22H44O8. The van der Waals surface area contributed by atoms with Gasteiger partial charge in [-0.2, -0.15) is 0 Å². The monoisotopic (exact) mass is 436 g/mol. The summed E-state index contributed by atoms with van der Waals surface area (Å²) >= 11 is 0. The normalized spacial score (nSPS) is 16.6. The number of ether oxygens (including phenoxy) is 1. The first-order valence-electron chi connectivity index (χ1n) is 11.6. The summed E-state index contributed by atoms with van der Waals surface area (Å²) in [4.78, 5) is 11.7. The Bertz CT molecular complexity index is 407. The van der Waals surface area contributed by atoms with Crippen LogP contribution < -0.4 is 0 Å². The number of unbranched alkanes of at least 4 members (excludes halogenated alkanes) is 12. The smallest absolute Gasteiger partial charge is 0.308 e. The number of carbonyl (C=O) groups excluding carboxylic acids is 1. The molecule has 5 atom stereocenters. The summed E-state index contributed by atoms with van der Waals surface area (Å²) in [5.74, 6) is -0.714. The minimum absolute atomic E-state index is 0.0828. The summed E-state index contributed by atoms with van der Waals surface area (Å²) in [6.07, 6.45) is 5.82. The molecule has 0 radical (unpaired) electrons. The van der Waals surface area contributed by atoms with Gasteiger partial charge >= 0.3 is 5.97 Å². The van der Waals surface area contributed by atoms with Crippen molar-refractivity contribution in [1.29, 1.82) is 0 Å². The number of aliphatic hydroxyl groups excluding tert-OH is 6. The molecule has 0 heterocycles. The third-order valence-electron chi connectivity index (χ3n) is 5.31. The number of carbonyl (C=O) groups is 1. The third kappa shape index (κ3) is 14.3. The molecule has 8 nitrogen and oxygen atoms in total. The summed E-state index contributed by atoms with van der Waals surface area (Å²) in [6, 6.07) is 0. The van der Waals surface area contributed by atoms with Crippen LogP contribution in [0.2, 0.25) is 0 Å². The molecule has 0 bridgehead atoms. The van der Waals surface area contributed by atoms with E-state index in [-0.39, 0.29) is 6.42 Å². The van der Waals surface area contributed by atoms with E-state index in [9.17, 15) is 30.3 Å². The molecule has 0 saturated carbocycles. The first-order valence-corrected chi connectivity index (χ1v) is 11.6. The molecule has 0 amide bonds. The van der Waals surface area contributed by atoms with Crippen molar-refractivity contribution >= 4 is 5.97 Å². The van der Waals surface area contributed by atoms with Crippen LogP contribution in [0.25, 0.3) is 0 Å². The minimum Gasteiger partial charge on any atom is -0.433 e. The number of hydrogen-bond donors (Lipinski definition) is 6. The highest BCUT2D eigenvalue weighted by molar-refractivity contribution is 5.69. The molecule has 30 heavy (non-hydrogen) atoms. The highest BCUT2D eigenvalue weighted by atomic mass is 16.6. The Morgan fingerprint density at radius 1 is 0.667 bits per heavy atom. The van der Waals surface area contributed by atoms with Crippen molar-refractivity contribution in [3.63, 3.8) is 0 Å². The molecule has 0 aromatic carbocycles. The predicted molar refractivity (Wildman–Crippen MR) is 114 cm³/mol. The molecule has 1 unspecified atom stereocenters. The molecule has 0 aromatic heterocycles. The second kappa shape index (κ2) is 19.0. The van der Waals surface area contributed by atoms with Crippen LogP contribution in [0.4, 0.5) is 0 Å². The molecule has 0 aromatic rings. The van der Waals surface area contributed by atoms with Crippen molar-refractivity contribution < 1.29 is 40.2 Å².